The van der Waals surface area contributed by atoms with Gasteiger partial charge >= 0.3 is 0 Å². The molecule has 1 aromatic rings. The van der Waals surface area contributed by atoms with Crippen LogP contribution in [0.4, 0.5) is 0 Å². The second-order valence-electron chi connectivity index (χ2n) is 4.63. The Morgan fingerprint density at radius 1 is 1.39 bits per heavy atom. The van der Waals surface area contributed by atoms with Crippen LogP contribution in [0.25, 0.3) is 0 Å². The molecule has 2 rings (SSSR count). The Morgan fingerprint density at radius 3 is 2.61 bits per heavy atom. The largest absolute Gasteiger partial charge is 0.504 e. The molecule has 98 valence electrons. The van der Waals surface area contributed by atoms with E-state index in [1.807, 2.05) is 0 Å². The summed E-state index contributed by atoms with van der Waals surface area (Å²) in [5.41, 5.74) is 0.0881. The van der Waals surface area contributed by atoms with E-state index in [2.05, 4.69) is 5.32 Å². The number of methoxy groups -OCH3 is 1. The number of nitrogens with one attached hydrogen (secondary N) is 1. The molecule has 3 N–H and O–H groups in total. The third-order valence-corrected chi connectivity index (χ3v) is 3.51. The van der Waals surface area contributed by atoms with Gasteiger partial charge in [0, 0.05) is 19.2 Å². The lowest BCUT2D eigenvalue weighted by Gasteiger charge is -2.40. The molecule has 1 saturated carbocycles. The number of benzene rings is 1. The summed E-state index contributed by atoms with van der Waals surface area (Å²) in [6, 6.07) is 4.00. The maximum atomic E-state index is 11.9. The summed E-state index contributed by atoms with van der Waals surface area (Å²) >= 11 is 0. The molecule has 18 heavy (non-hydrogen) atoms. The van der Waals surface area contributed by atoms with Gasteiger partial charge in [-0.05, 0) is 37.5 Å². The van der Waals surface area contributed by atoms with Gasteiger partial charge in [0.25, 0.3) is 5.91 Å². The number of hydrogen-bond acceptors (Lipinski definition) is 4. The topological polar surface area (TPSA) is 78.8 Å². The van der Waals surface area contributed by atoms with Crippen molar-refractivity contribution in [2.75, 3.05) is 13.7 Å². The molecule has 0 radical (unpaired) electrons. The molecular weight excluding hydrogens is 234 g/mol. The second kappa shape index (κ2) is 4.86. The lowest BCUT2D eigenvalue weighted by atomic mass is 9.80. The Bertz CT molecular complexity index is 449. The van der Waals surface area contributed by atoms with Crippen molar-refractivity contribution in [3.8, 4) is 11.5 Å². The highest BCUT2D eigenvalue weighted by atomic mass is 16.5. The first-order chi connectivity index (χ1) is 8.56. The number of phenols is 2. The molecule has 1 aliphatic carbocycles. The Hall–Kier alpha value is -1.75. The zero-order valence-corrected chi connectivity index (χ0v) is 10.3. The van der Waals surface area contributed by atoms with E-state index in [9.17, 15) is 9.90 Å². The molecule has 0 bridgehead atoms. The van der Waals surface area contributed by atoms with Crippen LogP contribution in [0.5, 0.6) is 11.5 Å². The Kier molecular flexibility index (Phi) is 3.43. The lowest BCUT2D eigenvalue weighted by Crippen LogP contribution is -2.49. The summed E-state index contributed by atoms with van der Waals surface area (Å²) < 4.78 is 5.40. The minimum atomic E-state index is -0.298. The quantitative estimate of drug-likeness (QED) is 0.707. The van der Waals surface area contributed by atoms with E-state index < -0.39 is 0 Å². The highest BCUT2D eigenvalue weighted by Gasteiger charge is 2.37. The van der Waals surface area contributed by atoms with Gasteiger partial charge in [-0.1, -0.05) is 0 Å². The molecular formula is C13H17NO4. The predicted molar refractivity (Wildman–Crippen MR) is 65.7 cm³/mol. The molecule has 1 aromatic carbocycles. The minimum absolute atomic E-state index is 0.228. The van der Waals surface area contributed by atoms with Gasteiger partial charge in [-0.3, -0.25) is 4.79 Å². The number of carbonyl (C=O) groups excluding carboxylic acids is 1. The van der Waals surface area contributed by atoms with Gasteiger partial charge in [-0.2, -0.15) is 0 Å². The average Bonchev–Trinajstić information content (AvgIpc) is 2.31. The van der Waals surface area contributed by atoms with Gasteiger partial charge < -0.3 is 20.3 Å². The molecule has 0 unspecified atom stereocenters. The zero-order valence-electron chi connectivity index (χ0n) is 10.3. The van der Waals surface area contributed by atoms with Crippen LogP contribution in [0.2, 0.25) is 0 Å². The minimum Gasteiger partial charge on any atom is -0.504 e. The number of amides is 1. The van der Waals surface area contributed by atoms with Crippen molar-refractivity contribution in [2.24, 2.45) is 0 Å². The summed E-state index contributed by atoms with van der Waals surface area (Å²) in [5, 5.41) is 21.3. The predicted octanol–water partition coefficient (Wildman–Crippen LogP) is 1.40. The van der Waals surface area contributed by atoms with Crippen LogP contribution in [0.3, 0.4) is 0 Å². The zero-order chi connectivity index (χ0) is 13.2. The van der Waals surface area contributed by atoms with E-state index in [1.165, 1.54) is 18.2 Å². The van der Waals surface area contributed by atoms with Crippen molar-refractivity contribution in [3.05, 3.63) is 23.8 Å². The first kappa shape index (κ1) is 12.7. The number of rotatable bonds is 4. The van der Waals surface area contributed by atoms with E-state index >= 15 is 0 Å². The number of phenolic OH excluding ortho intramolecular Hbond substituents is 2. The highest BCUT2D eigenvalue weighted by Crippen LogP contribution is 2.34. The molecule has 0 spiro atoms. The third-order valence-electron chi connectivity index (χ3n) is 3.51. The summed E-state index contributed by atoms with van der Waals surface area (Å²) in [7, 11) is 1.65. The molecule has 5 heteroatoms. The molecule has 0 saturated heterocycles. The number of carbonyl (C=O) groups is 1. The molecule has 1 amide bonds. The monoisotopic (exact) mass is 251 g/mol. The van der Waals surface area contributed by atoms with Crippen LogP contribution in [0.1, 0.15) is 29.6 Å². The van der Waals surface area contributed by atoms with Crippen LogP contribution in [-0.2, 0) is 4.74 Å². The summed E-state index contributed by atoms with van der Waals surface area (Å²) in [4.78, 5) is 11.9. The summed E-state index contributed by atoms with van der Waals surface area (Å²) in [5.74, 6) is -0.819. The molecule has 0 aromatic heterocycles. The van der Waals surface area contributed by atoms with E-state index in [1.54, 1.807) is 7.11 Å². The maximum Gasteiger partial charge on any atom is 0.251 e. The number of ether oxygens (including phenoxy) is 1. The maximum absolute atomic E-state index is 11.9. The van der Waals surface area contributed by atoms with Gasteiger partial charge in [0.2, 0.25) is 0 Å². The summed E-state index contributed by atoms with van der Waals surface area (Å²) in [6.07, 6.45) is 3.01. The standard InChI is InChI=1S/C13H17NO4/c1-18-13(5-2-6-13)8-14-12(17)9-3-4-10(15)11(16)7-9/h3-4,7,15-16H,2,5-6,8H2,1H3,(H,14,17). The van der Waals surface area contributed by atoms with E-state index in [0.717, 1.165) is 19.3 Å². The molecule has 0 aliphatic heterocycles. The van der Waals surface area contributed by atoms with Crippen LogP contribution < -0.4 is 5.32 Å². The number of aromatic hydroxyl groups is 2. The van der Waals surface area contributed by atoms with E-state index in [0.29, 0.717) is 12.1 Å². The fourth-order valence-corrected chi connectivity index (χ4v) is 2.03. The first-order valence-electron chi connectivity index (χ1n) is 5.92. The molecule has 0 heterocycles. The molecule has 1 fully saturated rings. The fraction of sp³-hybridized carbons (Fsp3) is 0.462. The first-order valence-corrected chi connectivity index (χ1v) is 5.92. The Labute approximate surface area is 105 Å². The normalized spacial score (nSPS) is 16.9. The van der Waals surface area contributed by atoms with E-state index in [-0.39, 0.29) is 23.0 Å². The fourth-order valence-electron chi connectivity index (χ4n) is 2.03. The van der Waals surface area contributed by atoms with Crippen molar-refractivity contribution < 1.29 is 19.7 Å². The van der Waals surface area contributed by atoms with Gasteiger partial charge in [0.05, 0.1) is 5.60 Å². The van der Waals surface area contributed by atoms with Crippen molar-refractivity contribution in [1.29, 1.82) is 0 Å². The molecule has 5 nitrogen and oxygen atoms in total. The number of hydrogen-bond donors (Lipinski definition) is 3. The average molecular weight is 251 g/mol. The van der Waals surface area contributed by atoms with Crippen molar-refractivity contribution in [1.82, 2.24) is 5.32 Å². The SMILES string of the molecule is COC1(CNC(=O)c2ccc(O)c(O)c2)CCC1. The Morgan fingerprint density at radius 2 is 2.11 bits per heavy atom. The van der Waals surface area contributed by atoms with Crippen LogP contribution in [0, 0.1) is 0 Å². The van der Waals surface area contributed by atoms with Crippen LogP contribution in [-0.4, -0.2) is 35.4 Å². The van der Waals surface area contributed by atoms with Gasteiger partial charge in [-0.25, -0.2) is 0 Å². The van der Waals surface area contributed by atoms with Crippen molar-refractivity contribution in [2.45, 2.75) is 24.9 Å². The Balaban J connectivity index is 1.97. The lowest BCUT2D eigenvalue weighted by molar-refractivity contribution is -0.0679. The van der Waals surface area contributed by atoms with Gasteiger partial charge in [0.15, 0.2) is 11.5 Å². The molecule has 0 atom stereocenters. The van der Waals surface area contributed by atoms with Crippen LogP contribution >= 0.6 is 0 Å². The van der Waals surface area contributed by atoms with Gasteiger partial charge in [0.1, 0.15) is 0 Å². The third kappa shape index (κ3) is 2.41. The molecule has 1 aliphatic rings. The van der Waals surface area contributed by atoms with Gasteiger partial charge in [-0.15, -0.1) is 0 Å². The van der Waals surface area contributed by atoms with Crippen molar-refractivity contribution >= 4 is 5.91 Å². The smallest absolute Gasteiger partial charge is 0.251 e. The van der Waals surface area contributed by atoms with Crippen LogP contribution in [0.15, 0.2) is 18.2 Å². The summed E-state index contributed by atoms with van der Waals surface area (Å²) in [6.45, 7) is 0.462. The highest BCUT2D eigenvalue weighted by molar-refractivity contribution is 5.94. The van der Waals surface area contributed by atoms with Crippen molar-refractivity contribution in [3.63, 3.8) is 0 Å². The second-order valence-corrected chi connectivity index (χ2v) is 4.63. The van der Waals surface area contributed by atoms with E-state index in [4.69, 9.17) is 9.84 Å².